The van der Waals surface area contributed by atoms with Crippen LogP contribution in [0.15, 0.2) is 24.3 Å². The lowest BCUT2D eigenvalue weighted by Crippen LogP contribution is -2.50. The number of amides is 2. The Morgan fingerprint density at radius 1 is 1.45 bits per heavy atom. The zero-order valence-corrected chi connectivity index (χ0v) is 13.5. The predicted molar refractivity (Wildman–Crippen MR) is 83.7 cm³/mol. The second kappa shape index (κ2) is 5.57. The molecule has 4 nitrogen and oxygen atoms in total. The third kappa shape index (κ3) is 2.60. The van der Waals surface area contributed by atoms with E-state index in [0.29, 0.717) is 12.2 Å². The van der Waals surface area contributed by atoms with E-state index in [-0.39, 0.29) is 28.5 Å². The second-order valence-corrected chi connectivity index (χ2v) is 7.55. The number of nitrogens with one attached hydrogen (secondary N) is 1. The van der Waals surface area contributed by atoms with Gasteiger partial charge in [-0.2, -0.15) is 0 Å². The van der Waals surface area contributed by atoms with Gasteiger partial charge in [0.05, 0.1) is 10.9 Å². The van der Waals surface area contributed by atoms with Crippen LogP contribution in [-0.2, 0) is 9.59 Å². The van der Waals surface area contributed by atoms with E-state index in [1.54, 1.807) is 28.8 Å². The summed E-state index contributed by atoms with van der Waals surface area (Å²) in [6.07, 6.45) is 1.31. The van der Waals surface area contributed by atoms with Crippen LogP contribution in [0, 0.1) is 5.82 Å². The second-order valence-electron chi connectivity index (χ2n) is 6.05. The Hall–Kier alpha value is -1.56. The summed E-state index contributed by atoms with van der Waals surface area (Å²) < 4.78 is 13.0. The van der Waals surface area contributed by atoms with E-state index < -0.39 is 6.04 Å². The Labute approximate surface area is 133 Å². The fraction of sp³-hybridized carbons (Fsp3) is 0.500. The molecule has 3 unspecified atom stereocenters. The van der Waals surface area contributed by atoms with Crippen molar-refractivity contribution in [1.29, 1.82) is 0 Å². The number of halogens is 1. The molecule has 1 aromatic carbocycles. The fourth-order valence-electron chi connectivity index (χ4n) is 3.16. The summed E-state index contributed by atoms with van der Waals surface area (Å²) in [6.45, 7) is 3.89. The van der Waals surface area contributed by atoms with Crippen LogP contribution in [0.25, 0.3) is 0 Å². The van der Waals surface area contributed by atoms with Crippen molar-refractivity contribution < 1.29 is 14.0 Å². The zero-order chi connectivity index (χ0) is 15.9. The van der Waals surface area contributed by atoms with Gasteiger partial charge in [-0.3, -0.25) is 9.59 Å². The topological polar surface area (TPSA) is 49.4 Å². The first-order chi connectivity index (χ1) is 10.4. The molecule has 2 saturated heterocycles. The molecule has 2 aliphatic rings. The molecule has 3 rings (SSSR count). The molecule has 22 heavy (non-hydrogen) atoms. The average Bonchev–Trinajstić information content (AvgIpc) is 2.97. The number of hydrogen-bond donors (Lipinski definition) is 1. The maximum absolute atomic E-state index is 13.0. The van der Waals surface area contributed by atoms with Gasteiger partial charge in [0.2, 0.25) is 11.8 Å². The van der Waals surface area contributed by atoms with Crippen molar-refractivity contribution in [2.75, 3.05) is 5.75 Å². The number of thioether (sulfide) groups is 1. The summed E-state index contributed by atoms with van der Waals surface area (Å²) in [4.78, 5) is 26.1. The first kappa shape index (κ1) is 15.3. The van der Waals surface area contributed by atoms with Gasteiger partial charge in [-0.25, -0.2) is 4.39 Å². The van der Waals surface area contributed by atoms with Crippen molar-refractivity contribution in [3.05, 3.63) is 35.6 Å². The maximum atomic E-state index is 13.0. The molecule has 2 fully saturated rings. The van der Waals surface area contributed by atoms with E-state index in [2.05, 4.69) is 5.32 Å². The van der Waals surface area contributed by atoms with E-state index in [4.69, 9.17) is 0 Å². The summed E-state index contributed by atoms with van der Waals surface area (Å²) >= 11 is 1.67. The van der Waals surface area contributed by atoms with Crippen LogP contribution in [0.3, 0.4) is 0 Å². The van der Waals surface area contributed by atoms with Gasteiger partial charge in [-0.15, -0.1) is 11.8 Å². The summed E-state index contributed by atoms with van der Waals surface area (Å²) in [5, 5.41) is 2.94. The van der Waals surface area contributed by atoms with Gasteiger partial charge in [0.15, 0.2) is 0 Å². The number of carbonyl (C=O) groups is 2. The molecule has 0 aliphatic carbocycles. The minimum Gasteiger partial charge on any atom is -0.348 e. The van der Waals surface area contributed by atoms with Crippen LogP contribution >= 0.6 is 11.8 Å². The van der Waals surface area contributed by atoms with Gasteiger partial charge in [0.1, 0.15) is 11.9 Å². The Morgan fingerprint density at radius 2 is 2.14 bits per heavy atom. The summed E-state index contributed by atoms with van der Waals surface area (Å²) in [5.74, 6) is 0.253. The SMILES string of the molecule is CC(NC(=O)C1CSC2(C)CCC(=O)N12)c1ccc(F)cc1. The van der Waals surface area contributed by atoms with Gasteiger partial charge >= 0.3 is 0 Å². The average molecular weight is 322 g/mol. The van der Waals surface area contributed by atoms with E-state index in [1.807, 2.05) is 13.8 Å². The van der Waals surface area contributed by atoms with Crippen LogP contribution in [0.1, 0.15) is 38.3 Å². The summed E-state index contributed by atoms with van der Waals surface area (Å²) in [7, 11) is 0. The highest BCUT2D eigenvalue weighted by molar-refractivity contribution is 8.01. The number of rotatable bonds is 3. The van der Waals surface area contributed by atoms with Crippen molar-refractivity contribution in [2.24, 2.45) is 0 Å². The molecular formula is C16H19FN2O2S. The fourth-order valence-corrected chi connectivity index (χ4v) is 4.59. The van der Waals surface area contributed by atoms with Crippen LogP contribution < -0.4 is 5.32 Å². The third-order valence-corrected chi connectivity index (χ3v) is 5.98. The van der Waals surface area contributed by atoms with Crippen LogP contribution in [0.4, 0.5) is 4.39 Å². The van der Waals surface area contributed by atoms with Crippen LogP contribution in [0.5, 0.6) is 0 Å². The minimum atomic E-state index is -0.409. The standard InChI is InChI=1S/C16H19FN2O2S/c1-10(11-3-5-12(17)6-4-11)18-15(21)13-9-22-16(2)8-7-14(20)19(13)16/h3-6,10,13H,7-9H2,1-2H3,(H,18,21). The molecule has 2 heterocycles. The molecule has 3 atom stereocenters. The van der Waals surface area contributed by atoms with Gasteiger partial charge < -0.3 is 10.2 Å². The lowest BCUT2D eigenvalue weighted by atomic mass is 10.1. The van der Waals surface area contributed by atoms with Crippen molar-refractivity contribution in [3.8, 4) is 0 Å². The molecule has 0 radical (unpaired) electrons. The first-order valence-corrected chi connectivity index (χ1v) is 8.41. The smallest absolute Gasteiger partial charge is 0.244 e. The molecule has 0 spiro atoms. The highest BCUT2D eigenvalue weighted by Gasteiger charge is 2.52. The van der Waals surface area contributed by atoms with Gasteiger partial charge in [-0.1, -0.05) is 12.1 Å². The molecule has 1 N–H and O–H groups in total. The largest absolute Gasteiger partial charge is 0.348 e. The number of nitrogens with zero attached hydrogens (tertiary/aromatic N) is 1. The monoisotopic (exact) mass is 322 g/mol. The van der Waals surface area contributed by atoms with Crippen LogP contribution in [-0.4, -0.2) is 33.4 Å². The first-order valence-electron chi connectivity index (χ1n) is 7.43. The quantitative estimate of drug-likeness (QED) is 0.930. The molecule has 2 amide bonds. The number of benzene rings is 1. The molecule has 1 aromatic rings. The van der Waals surface area contributed by atoms with E-state index in [1.165, 1.54) is 12.1 Å². The van der Waals surface area contributed by atoms with Crippen LogP contribution in [0.2, 0.25) is 0 Å². The highest BCUT2D eigenvalue weighted by atomic mass is 32.2. The van der Waals surface area contributed by atoms with Crippen molar-refractivity contribution in [3.63, 3.8) is 0 Å². The Bertz CT molecular complexity index is 607. The maximum Gasteiger partial charge on any atom is 0.244 e. The Kier molecular flexibility index (Phi) is 3.89. The summed E-state index contributed by atoms with van der Waals surface area (Å²) in [6, 6.07) is 5.45. The molecule has 2 aliphatic heterocycles. The Morgan fingerprint density at radius 3 is 2.82 bits per heavy atom. The minimum absolute atomic E-state index is 0.0575. The van der Waals surface area contributed by atoms with E-state index in [9.17, 15) is 14.0 Å². The molecule has 118 valence electrons. The molecule has 0 bridgehead atoms. The summed E-state index contributed by atoms with van der Waals surface area (Å²) in [5.41, 5.74) is 0.843. The van der Waals surface area contributed by atoms with Crippen molar-refractivity contribution in [2.45, 2.75) is 43.6 Å². The number of hydrogen-bond acceptors (Lipinski definition) is 3. The molecule has 0 aromatic heterocycles. The van der Waals surface area contributed by atoms with Gasteiger partial charge in [0, 0.05) is 12.2 Å². The van der Waals surface area contributed by atoms with Crippen molar-refractivity contribution in [1.82, 2.24) is 10.2 Å². The predicted octanol–water partition coefficient (Wildman–Crippen LogP) is 2.46. The molecule has 0 saturated carbocycles. The van der Waals surface area contributed by atoms with Gasteiger partial charge in [0.25, 0.3) is 0 Å². The zero-order valence-electron chi connectivity index (χ0n) is 12.6. The number of carbonyl (C=O) groups excluding carboxylic acids is 2. The highest BCUT2D eigenvalue weighted by Crippen LogP contribution is 2.47. The van der Waals surface area contributed by atoms with E-state index in [0.717, 1.165) is 12.0 Å². The lowest BCUT2D eigenvalue weighted by Gasteiger charge is -2.30. The van der Waals surface area contributed by atoms with Crippen molar-refractivity contribution >= 4 is 23.6 Å². The normalized spacial score (nSPS) is 28.6. The molecular weight excluding hydrogens is 303 g/mol. The van der Waals surface area contributed by atoms with E-state index >= 15 is 0 Å². The Balaban J connectivity index is 1.69. The third-order valence-electron chi connectivity index (χ3n) is 4.48. The molecule has 6 heteroatoms. The van der Waals surface area contributed by atoms with Gasteiger partial charge in [-0.05, 0) is 38.0 Å². The lowest BCUT2D eigenvalue weighted by molar-refractivity contribution is -0.138. The number of fused-ring (bicyclic) bond motifs is 1.